The largest absolute Gasteiger partial charge is 0.219 e. The molecular weight excluding hydrogens is 350 g/mol. The van der Waals surface area contributed by atoms with Crippen molar-refractivity contribution in [2.24, 2.45) is 0 Å². The van der Waals surface area contributed by atoms with Crippen molar-refractivity contribution < 1.29 is 0 Å². The van der Waals surface area contributed by atoms with E-state index in [1.807, 2.05) is 48.5 Å². The number of hydrogen-bond donors (Lipinski definition) is 0. The number of aromatic nitrogens is 3. The van der Waals surface area contributed by atoms with Gasteiger partial charge in [0.1, 0.15) is 11.4 Å². The number of hydrogen-bond acceptors (Lipinski definition) is 4. The van der Waals surface area contributed by atoms with E-state index in [1.165, 1.54) is 11.1 Å². The summed E-state index contributed by atoms with van der Waals surface area (Å²) < 4.78 is 0. The van der Waals surface area contributed by atoms with Gasteiger partial charge in [0.25, 0.3) is 0 Å². The van der Waals surface area contributed by atoms with Gasteiger partial charge in [-0.15, -0.1) is 10.2 Å². The molecule has 0 atom stereocenters. The molecule has 0 saturated carbocycles. The zero-order chi connectivity index (χ0) is 18.5. The van der Waals surface area contributed by atoms with Crippen LogP contribution in [0.2, 0.25) is 0 Å². The molecule has 0 aliphatic rings. The van der Waals surface area contributed by atoms with E-state index in [0.29, 0.717) is 5.16 Å². The minimum atomic E-state index is 0.691. The second-order valence-electron chi connectivity index (χ2n) is 6.24. The highest BCUT2D eigenvalue weighted by molar-refractivity contribution is 7.98. The third-order valence-corrected chi connectivity index (χ3v) is 5.27. The first-order valence-corrected chi connectivity index (χ1v) is 9.83. The number of aryl methyl sites for hydroxylation is 1. The molecule has 0 saturated heterocycles. The van der Waals surface area contributed by atoms with E-state index < -0.39 is 0 Å². The van der Waals surface area contributed by atoms with Gasteiger partial charge in [0.2, 0.25) is 5.16 Å². The molecule has 0 spiro atoms. The molecule has 0 bridgehead atoms. The quantitative estimate of drug-likeness (QED) is 0.416. The van der Waals surface area contributed by atoms with Gasteiger partial charge in [-0.05, 0) is 18.1 Å². The molecule has 3 aromatic carbocycles. The average Bonchev–Trinajstić information content (AvgIpc) is 2.74. The molecule has 0 radical (unpaired) electrons. The lowest BCUT2D eigenvalue weighted by Gasteiger charge is -2.10. The fourth-order valence-electron chi connectivity index (χ4n) is 2.87. The topological polar surface area (TPSA) is 38.7 Å². The normalized spacial score (nSPS) is 10.7. The number of thioether (sulfide) groups is 1. The van der Waals surface area contributed by atoms with Crippen LogP contribution in [0.3, 0.4) is 0 Å². The Morgan fingerprint density at radius 2 is 1.26 bits per heavy atom. The molecule has 4 rings (SSSR count). The van der Waals surface area contributed by atoms with Gasteiger partial charge in [0, 0.05) is 16.9 Å². The average molecular weight is 369 g/mol. The van der Waals surface area contributed by atoms with E-state index in [0.717, 1.165) is 28.3 Å². The van der Waals surface area contributed by atoms with Gasteiger partial charge in [-0.2, -0.15) is 0 Å². The van der Waals surface area contributed by atoms with Crippen molar-refractivity contribution >= 4 is 11.8 Å². The van der Waals surface area contributed by atoms with E-state index in [2.05, 4.69) is 53.5 Å². The molecule has 132 valence electrons. The Balaban J connectivity index is 1.70. The van der Waals surface area contributed by atoms with Gasteiger partial charge in [0.05, 0.1) is 0 Å². The Morgan fingerprint density at radius 3 is 1.93 bits per heavy atom. The first-order chi connectivity index (χ1) is 13.3. The molecule has 0 aliphatic carbocycles. The zero-order valence-electron chi connectivity index (χ0n) is 15.0. The second kappa shape index (κ2) is 8.14. The number of benzene rings is 3. The van der Waals surface area contributed by atoms with E-state index in [1.54, 1.807) is 11.8 Å². The van der Waals surface area contributed by atoms with Crippen LogP contribution in [0.15, 0.2) is 90.1 Å². The zero-order valence-corrected chi connectivity index (χ0v) is 15.9. The number of rotatable bonds is 5. The summed E-state index contributed by atoms with van der Waals surface area (Å²) in [4.78, 5) is 4.85. The summed E-state index contributed by atoms with van der Waals surface area (Å²) in [5, 5.41) is 9.61. The van der Waals surface area contributed by atoms with Crippen molar-refractivity contribution in [2.75, 3.05) is 0 Å². The summed E-state index contributed by atoms with van der Waals surface area (Å²) >= 11 is 1.62. The highest BCUT2D eigenvalue weighted by atomic mass is 32.2. The van der Waals surface area contributed by atoms with Gasteiger partial charge in [-0.3, -0.25) is 0 Å². The van der Waals surface area contributed by atoms with Crippen molar-refractivity contribution in [3.8, 4) is 22.5 Å². The summed E-state index contributed by atoms with van der Waals surface area (Å²) in [6, 6.07) is 28.7. The van der Waals surface area contributed by atoms with Gasteiger partial charge >= 0.3 is 0 Å². The van der Waals surface area contributed by atoms with Crippen LogP contribution in [-0.2, 0) is 5.75 Å². The van der Waals surface area contributed by atoms with Gasteiger partial charge < -0.3 is 0 Å². The molecular formula is C23H19N3S. The van der Waals surface area contributed by atoms with Crippen molar-refractivity contribution in [2.45, 2.75) is 17.8 Å². The Labute approximate surface area is 163 Å². The molecule has 1 aromatic heterocycles. The predicted octanol–water partition coefficient (Wildman–Crippen LogP) is 5.81. The summed E-state index contributed by atoms with van der Waals surface area (Å²) in [5.41, 5.74) is 6.31. The maximum absolute atomic E-state index is 4.85. The Kier molecular flexibility index (Phi) is 5.26. The van der Waals surface area contributed by atoms with Crippen LogP contribution in [0.5, 0.6) is 0 Å². The van der Waals surface area contributed by atoms with Crippen molar-refractivity contribution in [1.82, 2.24) is 15.2 Å². The molecule has 0 unspecified atom stereocenters. The maximum atomic E-state index is 4.85. The van der Waals surface area contributed by atoms with Crippen LogP contribution in [0.25, 0.3) is 22.5 Å². The highest BCUT2D eigenvalue weighted by Gasteiger charge is 2.13. The monoisotopic (exact) mass is 369 g/mol. The molecule has 0 amide bonds. The molecule has 0 aliphatic heterocycles. The molecule has 0 fully saturated rings. The molecule has 1 heterocycles. The van der Waals surface area contributed by atoms with E-state index in [4.69, 9.17) is 4.98 Å². The summed E-state index contributed by atoms with van der Waals surface area (Å²) in [7, 11) is 0. The van der Waals surface area contributed by atoms with Crippen LogP contribution in [0.1, 0.15) is 11.1 Å². The molecule has 3 nitrogen and oxygen atoms in total. The van der Waals surface area contributed by atoms with Crippen LogP contribution in [0.4, 0.5) is 0 Å². The van der Waals surface area contributed by atoms with Gasteiger partial charge in [0.15, 0.2) is 0 Å². The lowest BCUT2D eigenvalue weighted by atomic mass is 10.0. The molecule has 4 aromatic rings. The predicted molar refractivity (Wildman–Crippen MR) is 111 cm³/mol. The first kappa shape index (κ1) is 17.4. The summed E-state index contributed by atoms with van der Waals surface area (Å²) in [6.45, 7) is 2.13. The van der Waals surface area contributed by atoms with Crippen LogP contribution < -0.4 is 0 Å². The van der Waals surface area contributed by atoms with E-state index >= 15 is 0 Å². The van der Waals surface area contributed by atoms with Gasteiger partial charge in [-0.25, -0.2) is 4.98 Å². The van der Waals surface area contributed by atoms with Gasteiger partial charge in [-0.1, -0.05) is 96.7 Å². The Bertz CT molecular complexity index is 1030. The minimum Gasteiger partial charge on any atom is -0.219 e. The smallest absolute Gasteiger partial charge is 0.210 e. The lowest BCUT2D eigenvalue weighted by molar-refractivity contribution is 0.850. The summed E-state index contributed by atoms with van der Waals surface area (Å²) in [6.07, 6.45) is 0. The fourth-order valence-corrected chi connectivity index (χ4v) is 3.74. The lowest BCUT2D eigenvalue weighted by Crippen LogP contribution is -1.99. The Hall–Kier alpha value is -2.98. The summed E-state index contributed by atoms with van der Waals surface area (Å²) in [5.74, 6) is 0.827. The second-order valence-corrected chi connectivity index (χ2v) is 7.18. The standard InChI is InChI=1S/C23H19N3S/c1-17-10-8-9-15-20(17)16-27-23-24-21(18-11-4-2-5-12-18)22(25-26-23)19-13-6-3-7-14-19/h2-15H,16H2,1H3. The SMILES string of the molecule is Cc1ccccc1CSc1nnc(-c2ccccc2)c(-c2ccccc2)n1. The minimum absolute atomic E-state index is 0.691. The molecule has 0 N–H and O–H groups in total. The van der Waals surface area contributed by atoms with E-state index in [9.17, 15) is 0 Å². The Morgan fingerprint density at radius 1 is 0.667 bits per heavy atom. The third kappa shape index (κ3) is 4.07. The van der Waals surface area contributed by atoms with Crippen molar-refractivity contribution in [3.63, 3.8) is 0 Å². The van der Waals surface area contributed by atoms with Crippen molar-refractivity contribution in [1.29, 1.82) is 0 Å². The van der Waals surface area contributed by atoms with Crippen molar-refractivity contribution in [3.05, 3.63) is 96.1 Å². The van der Waals surface area contributed by atoms with Crippen LogP contribution >= 0.6 is 11.8 Å². The molecule has 27 heavy (non-hydrogen) atoms. The van der Waals surface area contributed by atoms with Crippen LogP contribution in [0, 0.1) is 6.92 Å². The third-order valence-electron chi connectivity index (χ3n) is 4.38. The maximum Gasteiger partial charge on any atom is 0.210 e. The van der Waals surface area contributed by atoms with Crippen LogP contribution in [-0.4, -0.2) is 15.2 Å². The molecule has 4 heteroatoms. The first-order valence-electron chi connectivity index (χ1n) is 8.84. The fraction of sp³-hybridized carbons (Fsp3) is 0.0870. The highest BCUT2D eigenvalue weighted by Crippen LogP contribution is 2.30. The van der Waals surface area contributed by atoms with E-state index in [-0.39, 0.29) is 0 Å². The number of nitrogens with zero attached hydrogens (tertiary/aromatic N) is 3.